The number of hydrogen-bond acceptors (Lipinski definition) is 3. The Bertz CT molecular complexity index is 556. The summed E-state index contributed by atoms with van der Waals surface area (Å²) < 4.78 is 5.29. The summed E-state index contributed by atoms with van der Waals surface area (Å²) in [5, 5.41) is 2.95. The number of amides is 2. The van der Waals surface area contributed by atoms with E-state index in [4.69, 9.17) is 4.74 Å². The Labute approximate surface area is 143 Å². The van der Waals surface area contributed by atoms with Crippen molar-refractivity contribution in [2.45, 2.75) is 38.5 Å². The fraction of sp³-hybridized carbons (Fsp3) is 0.579. The highest BCUT2D eigenvalue weighted by molar-refractivity contribution is 5.96. The number of ether oxygens (including phenoxy) is 1. The van der Waals surface area contributed by atoms with Crippen LogP contribution >= 0.6 is 0 Å². The lowest BCUT2D eigenvalue weighted by Crippen LogP contribution is -2.31. The van der Waals surface area contributed by atoms with E-state index in [0.29, 0.717) is 18.8 Å². The van der Waals surface area contributed by atoms with Crippen molar-refractivity contribution in [2.75, 3.05) is 31.6 Å². The first-order valence-corrected chi connectivity index (χ1v) is 9.02. The van der Waals surface area contributed by atoms with Crippen LogP contribution in [0.25, 0.3) is 0 Å². The van der Waals surface area contributed by atoms with Gasteiger partial charge in [-0.1, -0.05) is 12.8 Å². The fourth-order valence-corrected chi connectivity index (χ4v) is 3.36. The summed E-state index contributed by atoms with van der Waals surface area (Å²) in [6.07, 6.45) is 6.15. The smallest absolute Gasteiger partial charge is 0.253 e. The van der Waals surface area contributed by atoms with E-state index in [-0.39, 0.29) is 17.7 Å². The zero-order valence-corrected chi connectivity index (χ0v) is 14.1. The second-order valence-corrected chi connectivity index (χ2v) is 6.66. The van der Waals surface area contributed by atoms with E-state index in [1.54, 1.807) is 0 Å². The van der Waals surface area contributed by atoms with Gasteiger partial charge in [0.1, 0.15) is 0 Å². The number of carbonyl (C=O) groups excluding carboxylic acids is 2. The predicted octanol–water partition coefficient (Wildman–Crippen LogP) is 3.07. The van der Waals surface area contributed by atoms with Crippen LogP contribution in [0.5, 0.6) is 0 Å². The summed E-state index contributed by atoms with van der Waals surface area (Å²) in [5.41, 5.74) is 1.44. The van der Waals surface area contributed by atoms with Crippen molar-refractivity contribution in [3.05, 3.63) is 29.8 Å². The second kappa shape index (κ2) is 8.29. The molecule has 2 amide bonds. The average molecular weight is 330 g/mol. The third kappa shape index (κ3) is 4.35. The van der Waals surface area contributed by atoms with Crippen LogP contribution in [0.3, 0.4) is 0 Å². The van der Waals surface area contributed by atoms with Crippen molar-refractivity contribution < 1.29 is 14.3 Å². The van der Waals surface area contributed by atoms with E-state index in [1.807, 2.05) is 29.2 Å². The maximum Gasteiger partial charge on any atom is 0.253 e. The van der Waals surface area contributed by atoms with Gasteiger partial charge in [-0.15, -0.1) is 0 Å². The SMILES string of the molecule is O=C(Nc1ccc(C(=O)N2CCCCCC2)cc1)C1CCOCC1. The van der Waals surface area contributed by atoms with E-state index in [2.05, 4.69) is 5.32 Å². The number of rotatable bonds is 3. The Morgan fingerprint density at radius 3 is 2.21 bits per heavy atom. The molecular formula is C19H26N2O3. The van der Waals surface area contributed by atoms with Gasteiger partial charge in [0.25, 0.3) is 5.91 Å². The van der Waals surface area contributed by atoms with Gasteiger partial charge in [0.05, 0.1) is 0 Å². The molecular weight excluding hydrogens is 304 g/mol. The average Bonchev–Trinajstić information content (AvgIpc) is 2.92. The van der Waals surface area contributed by atoms with Crippen LogP contribution in [0, 0.1) is 5.92 Å². The monoisotopic (exact) mass is 330 g/mol. The number of nitrogens with one attached hydrogen (secondary N) is 1. The van der Waals surface area contributed by atoms with Crippen molar-refractivity contribution in [2.24, 2.45) is 5.92 Å². The largest absolute Gasteiger partial charge is 0.381 e. The quantitative estimate of drug-likeness (QED) is 0.926. The van der Waals surface area contributed by atoms with E-state index in [1.165, 1.54) is 12.8 Å². The first-order valence-electron chi connectivity index (χ1n) is 9.02. The van der Waals surface area contributed by atoms with E-state index >= 15 is 0 Å². The number of benzene rings is 1. The summed E-state index contributed by atoms with van der Waals surface area (Å²) in [6, 6.07) is 7.27. The third-order valence-electron chi connectivity index (χ3n) is 4.88. The summed E-state index contributed by atoms with van der Waals surface area (Å²) >= 11 is 0. The molecule has 2 heterocycles. The molecule has 0 radical (unpaired) electrons. The van der Waals surface area contributed by atoms with Crippen LogP contribution in [0.15, 0.2) is 24.3 Å². The molecule has 0 saturated carbocycles. The lowest BCUT2D eigenvalue weighted by atomic mass is 9.99. The van der Waals surface area contributed by atoms with Gasteiger partial charge < -0.3 is 15.0 Å². The van der Waals surface area contributed by atoms with Gasteiger partial charge in [-0.05, 0) is 49.9 Å². The summed E-state index contributed by atoms with van der Waals surface area (Å²) in [4.78, 5) is 26.7. The van der Waals surface area contributed by atoms with Gasteiger partial charge in [0.15, 0.2) is 0 Å². The molecule has 24 heavy (non-hydrogen) atoms. The molecule has 2 aliphatic heterocycles. The van der Waals surface area contributed by atoms with Crippen LogP contribution in [-0.2, 0) is 9.53 Å². The lowest BCUT2D eigenvalue weighted by molar-refractivity contribution is -0.122. The van der Waals surface area contributed by atoms with Gasteiger partial charge in [-0.25, -0.2) is 0 Å². The van der Waals surface area contributed by atoms with Crippen molar-refractivity contribution in [1.29, 1.82) is 0 Å². The third-order valence-corrected chi connectivity index (χ3v) is 4.88. The maximum absolute atomic E-state index is 12.6. The van der Waals surface area contributed by atoms with Crippen LogP contribution in [0.4, 0.5) is 5.69 Å². The zero-order valence-electron chi connectivity index (χ0n) is 14.1. The molecule has 0 spiro atoms. The number of hydrogen-bond donors (Lipinski definition) is 1. The van der Waals surface area contributed by atoms with E-state index in [9.17, 15) is 9.59 Å². The summed E-state index contributed by atoms with van der Waals surface area (Å²) in [6.45, 7) is 3.00. The number of nitrogens with zero attached hydrogens (tertiary/aromatic N) is 1. The van der Waals surface area contributed by atoms with Crippen LogP contribution in [0.2, 0.25) is 0 Å². The normalized spacial score (nSPS) is 19.6. The molecule has 5 heteroatoms. The first kappa shape index (κ1) is 17.0. The Kier molecular flexibility index (Phi) is 5.86. The molecule has 0 bridgehead atoms. The summed E-state index contributed by atoms with van der Waals surface area (Å²) in [5.74, 6) is 0.168. The van der Waals surface area contributed by atoms with Crippen LogP contribution in [-0.4, -0.2) is 43.0 Å². The molecule has 1 aromatic rings. The first-order chi connectivity index (χ1) is 11.7. The van der Waals surface area contributed by atoms with E-state index in [0.717, 1.165) is 44.5 Å². The minimum absolute atomic E-state index is 0.0251. The number of likely N-dealkylation sites (tertiary alicyclic amines) is 1. The van der Waals surface area contributed by atoms with Gasteiger partial charge >= 0.3 is 0 Å². The minimum atomic E-state index is 0.0251. The lowest BCUT2D eigenvalue weighted by Gasteiger charge is -2.22. The Balaban J connectivity index is 1.58. The molecule has 2 aliphatic rings. The fourth-order valence-electron chi connectivity index (χ4n) is 3.36. The van der Waals surface area contributed by atoms with Gasteiger partial charge in [0, 0.05) is 43.5 Å². The molecule has 130 valence electrons. The maximum atomic E-state index is 12.6. The van der Waals surface area contributed by atoms with Gasteiger partial charge in [-0.2, -0.15) is 0 Å². The van der Waals surface area contributed by atoms with Crippen molar-refractivity contribution >= 4 is 17.5 Å². The molecule has 0 aromatic heterocycles. The van der Waals surface area contributed by atoms with Crippen molar-refractivity contribution in [3.63, 3.8) is 0 Å². The van der Waals surface area contributed by atoms with Gasteiger partial charge in [-0.3, -0.25) is 9.59 Å². The molecule has 2 fully saturated rings. The summed E-state index contributed by atoms with van der Waals surface area (Å²) in [7, 11) is 0. The Morgan fingerprint density at radius 1 is 0.958 bits per heavy atom. The Morgan fingerprint density at radius 2 is 1.58 bits per heavy atom. The number of carbonyl (C=O) groups is 2. The topological polar surface area (TPSA) is 58.6 Å². The van der Waals surface area contributed by atoms with Crippen molar-refractivity contribution in [1.82, 2.24) is 4.90 Å². The number of anilines is 1. The van der Waals surface area contributed by atoms with Crippen molar-refractivity contribution in [3.8, 4) is 0 Å². The Hall–Kier alpha value is -1.88. The van der Waals surface area contributed by atoms with Crippen LogP contribution in [0.1, 0.15) is 48.9 Å². The molecule has 0 unspecified atom stereocenters. The van der Waals surface area contributed by atoms with E-state index < -0.39 is 0 Å². The highest BCUT2D eigenvalue weighted by atomic mass is 16.5. The highest BCUT2D eigenvalue weighted by Gasteiger charge is 2.22. The molecule has 1 aromatic carbocycles. The molecule has 0 aliphatic carbocycles. The standard InChI is InChI=1S/C19H26N2O3/c22-18(15-9-13-24-14-10-15)20-17-7-5-16(6-8-17)19(23)21-11-3-1-2-4-12-21/h5-8,15H,1-4,9-14H2,(H,20,22). The zero-order chi connectivity index (χ0) is 16.8. The predicted molar refractivity (Wildman–Crippen MR) is 93.0 cm³/mol. The second-order valence-electron chi connectivity index (χ2n) is 6.66. The van der Waals surface area contributed by atoms with Gasteiger partial charge in [0.2, 0.25) is 5.91 Å². The highest BCUT2D eigenvalue weighted by Crippen LogP contribution is 2.19. The molecule has 1 N–H and O–H groups in total. The molecule has 0 atom stereocenters. The molecule has 2 saturated heterocycles. The van der Waals surface area contributed by atoms with Crippen LogP contribution < -0.4 is 5.32 Å². The molecule has 5 nitrogen and oxygen atoms in total. The minimum Gasteiger partial charge on any atom is -0.381 e. The molecule has 3 rings (SSSR count).